The third kappa shape index (κ3) is 4.00. The lowest BCUT2D eigenvalue weighted by Gasteiger charge is -2.12. The number of hydrogen-bond acceptors (Lipinski definition) is 3. The number of halogens is 1. The smallest absolute Gasteiger partial charge is 0.176 e. The van der Waals surface area contributed by atoms with Gasteiger partial charge in [-0.15, -0.1) is 0 Å². The lowest BCUT2D eigenvalue weighted by molar-refractivity contribution is 0.0988. The van der Waals surface area contributed by atoms with Crippen LogP contribution in [0.3, 0.4) is 0 Å². The standard InChI is InChI=1S/C14H20ClNO2/c1-5-18-14-6-10(4)11(7-12(14)15)13(17)8-16-9(2)3/h6-7,9,16H,5,8H2,1-4H3. The van der Waals surface area contributed by atoms with E-state index in [0.717, 1.165) is 5.56 Å². The normalized spacial score (nSPS) is 10.8. The monoisotopic (exact) mass is 269 g/mol. The second kappa shape index (κ2) is 6.76. The van der Waals surface area contributed by atoms with Crippen molar-refractivity contribution in [1.82, 2.24) is 5.32 Å². The molecule has 0 aliphatic rings. The first kappa shape index (κ1) is 15.0. The van der Waals surface area contributed by atoms with Crippen LogP contribution in [-0.2, 0) is 0 Å². The summed E-state index contributed by atoms with van der Waals surface area (Å²) in [5.41, 5.74) is 1.54. The molecule has 0 atom stereocenters. The minimum atomic E-state index is 0.0474. The van der Waals surface area contributed by atoms with E-state index >= 15 is 0 Å². The van der Waals surface area contributed by atoms with E-state index in [-0.39, 0.29) is 11.8 Å². The topological polar surface area (TPSA) is 38.3 Å². The van der Waals surface area contributed by atoms with Gasteiger partial charge in [0, 0.05) is 11.6 Å². The highest BCUT2D eigenvalue weighted by molar-refractivity contribution is 6.32. The van der Waals surface area contributed by atoms with Crippen molar-refractivity contribution in [3.05, 3.63) is 28.3 Å². The second-order valence-corrected chi connectivity index (χ2v) is 4.90. The summed E-state index contributed by atoms with van der Waals surface area (Å²) in [5, 5.41) is 3.59. The van der Waals surface area contributed by atoms with Crippen LogP contribution in [0.15, 0.2) is 12.1 Å². The number of carbonyl (C=O) groups is 1. The van der Waals surface area contributed by atoms with E-state index in [2.05, 4.69) is 5.32 Å². The summed E-state index contributed by atoms with van der Waals surface area (Å²) in [5.74, 6) is 0.677. The van der Waals surface area contributed by atoms with Gasteiger partial charge in [0.1, 0.15) is 5.75 Å². The fourth-order valence-corrected chi connectivity index (χ4v) is 1.83. The van der Waals surface area contributed by atoms with E-state index < -0.39 is 0 Å². The molecule has 1 aromatic carbocycles. The predicted octanol–water partition coefficient (Wildman–Crippen LogP) is 3.23. The molecule has 0 saturated heterocycles. The SMILES string of the molecule is CCOc1cc(C)c(C(=O)CNC(C)C)cc1Cl. The van der Waals surface area contributed by atoms with Crippen LogP contribution in [0.1, 0.15) is 36.7 Å². The van der Waals surface area contributed by atoms with Gasteiger partial charge in [0.2, 0.25) is 0 Å². The average Bonchev–Trinajstić information content (AvgIpc) is 2.30. The molecule has 100 valence electrons. The van der Waals surface area contributed by atoms with Crippen LogP contribution >= 0.6 is 11.6 Å². The number of benzene rings is 1. The van der Waals surface area contributed by atoms with Crippen molar-refractivity contribution in [2.75, 3.05) is 13.2 Å². The van der Waals surface area contributed by atoms with Crippen LogP contribution in [0, 0.1) is 6.92 Å². The second-order valence-electron chi connectivity index (χ2n) is 4.49. The Bertz CT molecular complexity index is 430. The molecule has 0 fully saturated rings. The molecule has 0 aliphatic heterocycles. The molecule has 1 aromatic rings. The molecular weight excluding hydrogens is 250 g/mol. The fourth-order valence-electron chi connectivity index (χ4n) is 1.61. The summed E-state index contributed by atoms with van der Waals surface area (Å²) in [6.07, 6.45) is 0. The summed E-state index contributed by atoms with van der Waals surface area (Å²) < 4.78 is 5.39. The van der Waals surface area contributed by atoms with Crippen molar-refractivity contribution in [1.29, 1.82) is 0 Å². The van der Waals surface area contributed by atoms with Crippen LogP contribution < -0.4 is 10.1 Å². The molecular formula is C14H20ClNO2. The van der Waals surface area contributed by atoms with Gasteiger partial charge >= 0.3 is 0 Å². The summed E-state index contributed by atoms with van der Waals surface area (Å²) in [6.45, 7) is 8.68. The summed E-state index contributed by atoms with van der Waals surface area (Å²) >= 11 is 6.09. The Hall–Kier alpha value is -1.06. The molecule has 0 aromatic heterocycles. The zero-order valence-electron chi connectivity index (χ0n) is 11.3. The number of rotatable bonds is 6. The Morgan fingerprint density at radius 3 is 2.67 bits per heavy atom. The molecule has 0 heterocycles. The molecule has 0 unspecified atom stereocenters. The van der Waals surface area contributed by atoms with Gasteiger partial charge in [-0.05, 0) is 31.5 Å². The Morgan fingerprint density at radius 2 is 2.11 bits per heavy atom. The highest BCUT2D eigenvalue weighted by Crippen LogP contribution is 2.28. The maximum atomic E-state index is 12.0. The van der Waals surface area contributed by atoms with E-state index in [1.165, 1.54) is 0 Å². The van der Waals surface area contributed by atoms with E-state index in [1.54, 1.807) is 6.07 Å². The summed E-state index contributed by atoms with van der Waals surface area (Å²) in [6, 6.07) is 3.79. The minimum absolute atomic E-state index is 0.0474. The predicted molar refractivity (Wildman–Crippen MR) is 74.8 cm³/mol. The van der Waals surface area contributed by atoms with E-state index in [4.69, 9.17) is 16.3 Å². The first-order valence-corrected chi connectivity index (χ1v) is 6.53. The molecule has 4 heteroatoms. The quantitative estimate of drug-likeness (QED) is 0.806. The Kier molecular flexibility index (Phi) is 5.63. The van der Waals surface area contributed by atoms with Gasteiger partial charge < -0.3 is 10.1 Å². The number of Topliss-reactive ketones (excluding diaryl/α,β-unsaturated/α-hetero) is 1. The number of nitrogens with one attached hydrogen (secondary N) is 1. The van der Waals surface area contributed by atoms with Crippen LogP contribution in [0.25, 0.3) is 0 Å². The molecule has 0 amide bonds. The molecule has 1 rings (SSSR count). The zero-order valence-corrected chi connectivity index (χ0v) is 12.1. The lowest BCUT2D eigenvalue weighted by Crippen LogP contribution is -2.29. The molecule has 1 N–H and O–H groups in total. The number of carbonyl (C=O) groups excluding carboxylic acids is 1. The van der Waals surface area contributed by atoms with Crippen LogP contribution in [0.2, 0.25) is 5.02 Å². The first-order chi connectivity index (χ1) is 8.45. The summed E-state index contributed by atoms with van der Waals surface area (Å²) in [4.78, 5) is 12.0. The van der Waals surface area contributed by atoms with Crippen LogP contribution in [-0.4, -0.2) is 25.0 Å². The third-order valence-corrected chi connectivity index (χ3v) is 2.85. The van der Waals surface area contributed by atoms with Gasteiger partial charge in [-0.2, -0.15) is 0 Å². The molecule has 0 saturated carbocycles. The third-order valence-electron chi connectivity index (χ3n) is 2.55. The van der Waals surface area contributed by atoms with E-state index in [0.29, 0.717) is 29.5 Å². The summed E-state index contributed by atoms with van der Waals surface area (Å²) in [7, 11) is 0. The average molecular weight is 270 g/mol. The number of ketones is 1. The zero-order chi connectivity index (χ0) is 13.7. The van der Waals surface area contributed by atoms with Crippen molar-refractivity contribution in [3.63, 3.8) is 0 Å². The molecule has 0 bridgehead atoms. The Balaban J connectivity index is 2.89. The first-order valence-electron chi connectivity index (χ1n) is 6.15. The molecule has 3 nitrogen and oxygen atoms in total. The minimum Gasteiger partial charge on any atom is -0.492 e. The van der Waals surface area contributed by atoms with Gasteiger partial charge in [-0.3, -0.25) is 4.79 Å². The van der Waals surface area contributed by atoms with Gasteiger partial charge in [0.05, 0.1) is 18.2 Å². The lowest BCUT2D eigenvalue weighted by atomic mass is 10.0. The van der Waals surface area contributed by atoms with Gasteiger partial charge in [-0.1, -0.05) is 25.4 Å². The van der Waals surface area contributed by atoms with E-state index in [1.807, 2.05) is 33.8 Å². The van der Waals surface area contributed by atoms with Gasteiger partial charge in [-0.25, -0.2) is 0 Å². The fraction of sp³-hybridized carbons (Fsp3) is 0.500. The molecule has 0 aliphatic carbocycles. The highest BCUT2D eigenvalue weighted by Gasteiger charge is 2.13. The van der Waals surface area contributed by atoms with Crippen molar-refractivity contribution >= 4 is 17.4 Å². The van der Waals surface area contributed by atoms with Crippen molar-refractivity contribution in [2.24, 2.45) is 0 Å². The largest absolute Gasteiger partial charge is 0.492 e. The highest BCUT2D eigenvalue weighted by atomic mass is 35.5. The number of aryl methyl sites for hydroxylation is 1. The maximum Gasteiger partial charge on any atom is 0.176 e. The molecule has 18 heavy (non-hydrogen) atoms. The Morgan fingerprint density at radius 1 is 1.44 bits per heavy atom. The number of hydrogen-bond donors (Lipinski definition) is 1. The van der Waals surface area contributed by atoms with Gasteiger partial charge in [0.15, 0.2) is 5.78 Å². The van der Waals surface area contributed by atoms with Crippen molar-refractivity contribution in [3.8, 4) is 5.75 Å². The van der Waals surface area contributed by atoms with Crippen molar-refractivity contribution < 1.29 is 9.53 Å². The maximum absolute atomic E-state index is 12.0. The molecule has 0 radical (unpaired) electrons. The Labute approximate surface area is 113 Å². The molecule has 0 spiro atoms. The van der Waals surface area contributed by atoms with Crippen LogP contribution in [0.5, 0.6) is 5.75 Å². The van der Waals surface area contributed by atoms with Gasteiger partial charge in [0.25, 0.3) is 0 Å². The van der Waals surface area contributed by atoms with Crippen molar-refractivity contribution in [2.45, 2.75) is 33.7 Å². The van der Waals surface area contributed by atoms with Crippen LogP contribution in [0.4, 0.5) is 0 Å². The van der Waals surface area contributed by atoms with E-state index in [9.17, 15) is 4.79 Å². The number of ether oxygens (including phenoxy) is 1.